The minimum absolute atomic E-state index is 0.0208. The first-order chi connectivity index (χ1) is 8.59. The number of benzene rings is 1. The fourth-order valence-corrected chi connectivity index (χ4v) is 2.25. The summed E-state index contributed by atoms with van der Waals surface area (Å²) in [6.07, 6.45) is 2.21. The van der Waals surface area contributed by atoms with Crippen LogP contribution in [0.15, 0.2) is 24.3 Å². The summed E-state index contributed by atoms with van der Waals surface area (Å²) in [6, 6.07) is 8.25. The molecule has 18 heavy (non-hydrogen) atoms. The Bertz CT molecular complexity index is 557. The van der Waals surface area contributed by atoms with E-state index in [2.05, 4.69) is 24.0 Å². The summed E-state index contributed by atoms with van der Waals surface area (Å²) >= 11 is 0. The van der Waals surface area contributed by atoms with Gasteiger partial charge in [0.15, 0.2) is 0 Å². The molecule has 0 fully saturated rings. The molecule has 1 heterocycles. The first-order valence-corrected chi connectivity index (χ1v) is 6.17. The van der Waals surface area contributed by atoms with Gasteiger partial charge in [0, 0.05) is 30.1 Å². The number of aryl methyl sites for hydroxylation is 2. The number of rotatable bonds is 4. The number of hydrogen-bond acceptors (Lipinski definition) is 2. The number of hydrogen-bond donors (Lipinski definition) is 2. The van der Waals surface area contributed by atoms with Gasteiger partial charge in [-0.1, -0.05) is 18.2 Å². The number of aromatic nitrogens is 1. The average Bonchev–Trinajstić information content (AvgIpc) is 2.65. The van der Waals surface area contributed by atoms with Crippen molar-refractivity contribution in [2.75, 3.05) is 7.05 Å². The Morgan fingerprint density at radius 2 is 2.11 bits per heavy atom. The van der Waals surface area contributed by atoms with Gasteiger partial charge in [-0.3, -0.25) is 9.80 Å². The van der Waals surface area contributed by atoms with Crippen LogP contribution in [0.1, 0.15) is 24.1 Å². The van der Waals surface area contributed by atoms with Crippen molar-refractivity contribution < 1.29 is 4.79 Å². The van der Waals surface area contributed by atoms with Crippen molar-refractivity contribution in [2.45, 2.75) is 26.2 Å². The highest BCUT2D eigenvalue weighted by Gasteiger charge is 2.09. The van der Waals surface area contributed by atoms with E-state index in [-0.39, 0.29) is 5.91 Å². The monoisotopic (exact) mass is 245 g/mol. The number of nitrogens with one attached hydrogen (secondary N) is 1. The molecule has 0 bridgehead atoms. The van der Waals surface area contributed by atoms with Gasteiger partial charge in [-0.2, -0.15) is 0 Å². The Labute approximate surface area is 107 Å². The zero-order chi connectivity index (χ0) is 13.1. The van der Waals surface area contributed by atoms with Gasteiger partial charge in [-0.05, 0) is 31.4 Å². The third-order valence-electron chi connectivity index (χ3n) is 3.24. The molecular weight excluding hydrogens is 226 g/mol. The number of hydrazine groups is 1. The van der Waals surface area contributed by atoms with E-state index in [1.54, 1.807) is 7.05 Å². The molecule has 0 atom stereocenters. The fourth-order valence-electron chi connectivity index (χ4n) is 2.25. The molecule has 2 rings (SSSR count). The first kappa shape index (κ1) is 12.6. The van der Waals surface area contributed by atoms with Crippen molar-refractivity contribution in [3.63, 3.8) is 0 Å². The summed E-state index contributed by atoms with van der Waals surface area (Å²) in [5.41, 5.74) is 3.65. The quantitative estimate of drug-likeness (QED) is 0.492. The fraction of sp³-hybridized carbons (Fsp3) is 0.357. The van der Waals surface area contributed by atoms with E-state index in [0.29, 0.717) is 6.42 Å². The molecule has 0 saturated heterocycles. The van der Waals surface area contributed by atoms with Crippen LogP contribution in [0.3, 0.4) is 0 Å². The highest BCUT2D eigenvalue weighted by atomic mass is 16.2. The number of nitrogens with two attached hydrogens (primary N) is 1. The lowest BCUT2D eigenvalue weighted by molar-refractivity contribution is -0.130. The van der Waals surface area contributed by atoms with Crippen LogP contribution >= 0.6 is 0 Å². The molecule has 4 nitrogen and oxygen atoms in total. The third-order valence-corrected chi connectivity index (χ3v) is 3.24. The van der Waals surface area contributed by atoms with Crippen LogP contribution in [0.4, 0.5) is 0 Å². The highest BCUT2D eigenvalue weighted by molar-refractivity contribution is 5.84. The number of para-hydroxylation sites is 1. The summed E-state index contributed by atoms with van der Waals surface area (Å²) in [6.45, 7) is 2.08. The van der Waals surface area contributed by atoms with Crippen LogP contribution in [-0.4, -0.2) is 22.9 Å². The van der Waals surface area contributed by atoms with Gasteiger partial charge in [0.25, 0.3) is 0 Å². The molecule has 0 aliphatic heterocycles. The van der Waals surface area contributed by atoms with Crippen LogP contribution in [0, 0.1) is 6.92 Å². The molecule has 1 amide bonds. The zero-order valence-corrected chi connectivity index (χ0v) is 10.9. The summed E-state index contributed by atoms with van der Waals surface area (Å²) in [5.74, 6) is 5.37. The average molecular weight is 245 g/mol. The number of aromatic amines is 1. The number of carbonyl (C=O) groups is 1. The Kier molecular flexibility index (Phi) is 3.67. The molecule has 3 N–H and O–H groups in total. The second-order valence-corrected chi connectivity index (χ2v) is 4.63. The SMILES string of the molecule is Cc1[nH]c2ccccc2c1CCCC(=O)N(C)N. The topological polar surface area (TPSA) is 62.1 Å². The van der Waals surface area contributed by atoms with Gasteiger partial charge in [0.1, 0.15) is 0 Å². The number of fused-ring (bicyclic) bond motifs is 1. The Morgan fingerprint density at radius 1 is 1.39 bits per heavy atom. The van der Waals surface area contributed by atoms with Gasteiger partial charge in [0.2, 0.25) is 5.91 Å². The number of H-pyrrole nitrogens is 1. The molecule has 0 aliphatic rings. The maximum atomic E-state index is 11.4. The second-order valence-electron chi connectivity index (χ2n) is 4.63. The highest BCUT2D eigenvalue weighted by Crippen LogP contribution is 2.23. The van der Waals surface area contributed by atoms with E-state index in [4.69, 9.17) is 5.84 Å². The number of nitrogens with zero attached hydrogens (tertiary/aromatic N) is 1. The van der Waals surface area contributed by atoms with E-state index in [9.17, 15) is 4.79 Å². The van der Waals surface area contributed by atoms with Crippen molar-refractivity contribution in [1.29, 1.82) is 0 Å². The summed E-state index contributed by atoms with van der Waals surface area (Å²) in [4.78, 5) is 14.8. The van der Waals surface area contributed by atoms with Gasteiger partial charge >= 0.3 is 0 Å². The Morgan fingerprint density at radius 3 is 2.83 bits per heavy atom. The van der Waals surface area contributed by atoms with Crippen LogP contribution in [0.25, 0.3) is 10.9 Å². The molecular formula is C14H19N3O. The largest absolute Gasteiger partial charge is 0.358 e. The van der Waals surface area contributed by atoms with Crippen molar-refractivity contribution in [3.05, 3.63) is 35.5 Å². The zero-order valence-electron chi connectivity index (χ0n) is 10.9. The van der Waals surface area contributed by atoms with Crippen molar-refractivity contribution in [3.8, 4) is 0 Å². The maximum absolute atomic E-state index is 11.4. The molecule has 96 valence electrons. The molecule has 1 aromatic heterocycles. The van der Waals surface area contributed by atoms with Crippen molar-refractivity contribution in [1.82, 2.24) is 9.99 Å². The molecule has 0 aliphatic carbocycles. The molecule has 0 saturated carbocycles. The first-order valence-electron chi connectivity index (χ1n) is 6.17. The van der Waals surface area contributed by atoms with Crippen molar-refractivity contribution >= 4 is 16.8 Å². The van der Waals surface area contributed by atoms with Gasteiger partial charge in [-0.15, -0.1) is 0 Å². The molecule has 0 unspecified atom stereocenters. The van der Waals surface area contributed by atoms with E-state index in [1.807, 2.05) is 12.1 Å². The molecule has 0 radical (unpaired) electrons. The second kappa shape index (κ2) is 5.23. The third kappa shape index (κ3) is 2.54. The van der Waals surface area contributed by atoms with Gasteiger partial charge in [-0.25, -0.2) is 5.84 Å². The van der Waals surface area contributed by atoms with Gasteiger partial charge in [0.05, 0.1) is 0 Å². The molecule has 0 spiro atoms. The lowest BCUT2D eigenvalue weighted by Gasteiger charge is -2.09. The molecule has 4 heteroatoms. The Balaban J connectivity index is 2.08. The van der Waals surface area contributed by atoms with E-state index >= 15 is 0 Å². The minimum Gasteiger partial charge on any atom is -0.358 e. The van der Waals surface area contributed by atoms with E-state index in [1.165, 1.54) is 16.6 Å². The lowest BCUT2D eigenvalue weighted by atomic mass is 10.0. The van der Waals surface area contributed by atoms with Crippen LogP contribution in [0.5, 0.6) is 0 Å². The minimum atomic E-state index is -0.0208. The molecule has 1 aromatic carbocycles. The maximum Gasteiger partial charge on any atom is 0.236 e. The van der Waals surface area contributed by atoms with Gasteiger partial charge < -0.3 is 4.98 Å². The molecule has 2 aromatic rings. The standard InChI is InChI=1S/C14H19N3O/c1-10-11(7-5-9-14(18)17(2)15)12-6-3-4-8-13(12)16-10/h3-4,6,8,16H,5,7,9,15H2,1-2H3. The van der Waals surface area contributed by atoms with Crippen LogP contribution in [-0.2, 0) is 11.2 Å². The summed E-state index contributed by atoms with van der Waals surface area (Å²) < 4.78 is 0. The predicted octanol–water partition coefficient (Wildman–Crippen LogP) is 2.13. The van der Waals surface area contributed by atoms with E-state index in [0.717, 1.165) is 23.4 Å². The summed E-state index contributed by atoms with van der Waals surface area (Å²) in [5, 5.41) is 2.41. The number of carbonyl (C=O) groups excluding carboxylic acids is 1. The van der Waals surface area contributed by atoms with E-state index < -0.39 is 0 Å². The van der Waals surface area contributed by atoms with Crippen LogP contribution in [0.2, 0.25) is 0 Å². The summed E-state index contributed by atoms with van der Waals surface area (Å²) in [7, 11) is 1.58. The predicted molar refractivity (Wildman–Crippen MR) is 72.9 cm³/mol. The Hall–Kier alpha value is -1.81. The van der Waals surface area contributed by atoms with Crippen molar-refractivity contribution in [2.24, 2.45) is 5.84 Å². The number of amides is 1. The van der Waals surface area contributed by atoms with Crippen LogP contribution < -0.4 is 5.84 Å². The lowest BCUT2D eigenvalue weighted by Crippen LogP contribution is -2.32. The smallest absolute Gasteiger partial charge is 0.236 e. The normalized spacial score (nSPS) is 10.8.